The van der Waals surface area contributed by atoms with Crippen LogP contribution in [0.3, 0.4) is 0 Å². The second-order valence-electron chi connectivity index (χ2n) is 33.6. The Bertz CT molecular complexity index is 5980. The smallest absolute Gasteiger partial charge is 0.536 e. The average Bonchev–Trinajstić information content (AvgIpc) is 1.18. The lowest BCUT2D eigenvalue weighted by Gasteiger charge is -2.45. The van der Waals surface area contributed by atoms with Gasteiger partial charge in [-0.3, -0.25) is 28.8 Å². The van der Waals surface area contributed by atoms with E-state index in [0.29, 0.717) is 63.1 Å². The first kappa shape index (κ1) is 110. The highest BCUT2D eigenvalue weighted by atomic mass is 35.5. The van der Waals surface area contributed by atoms with Crippen molar-refractivity contribution in [2.45, 2.75) is 244 Å². The lowest BCUT2D eigenvalue weighted by atomic mass is 9.88. The molecular formula is C101H110BCl2F3N3O26S4. The minimum atomic E-state index is -1.41. The minimum Gasteiger partial charge on any atom is -0.536 e. The van der Waals surface area contributed by atoms with E-state index in [1.807, 2.05) is 163 Å². The van der Waals surface area contributed by atoms with Crippen LogP contribution in [0, 0.1) is 45.5 Å². The number of aromatic nitrogens is 3. The molecule has 15 rings (SSSR count). The number of nitrogens with zero attached hydrogens (tertiary/aromatic N) is 3. The summed E-state index contributed by atoms with van der Waals surface area (Å²) in [6, 6.07) is 47.4. The maximum Gasteiger partial charge on any atom is 0.569 e. The fourth-order valence-corrected chi connectivity index (χ4v) is 20.7. The molecule has 11 aromatic rings. The zero-order valence-corrected chi connectivity index (χ0v) is 83.1. The molecule has 4 aliphatic rings. The van der Waals surface area contributed by atoms with Crippen LogP contribution in [-0.2, 0) is 102 Å². The molecule has 0 amide bonds. The van der Waals surface area contributed by atoms with Crippen molar-refractivity contribution in [2.75, 3.05) is 13.2 Å². The monoisotopic (exact) mass is 2050 g/mol. The number of aliphatic hydroxyl groups is 8. The number of benzene rings is 4. The molecule has 4 saturated heterocycles. The van der Waals surface area contributed by atoms with Gasteiger partial charge in [0.25, 0.3) is 0 Å². The molecule has 0 aliphatic carbocycles. The van der Waals surface area contributed by atoms with Gasteiger partial charge < -0.3 is 97.9 Å². The van der Waals surface area contributed by atoms with Gasteiger partial charge in [0.2, 0.25) is 17.8 Å². The predicted molar refractivity (Wildman–Crippen MR) is 517 cm³/mol. The number of carbonyl (C=O) groups excluding carboxylic acids is 6. The molecule has 29 nitrogen and oxygen atoms in total. The van der Waals surface area contributed by atoms with Gasteiger partial charge in [0.05, 0.1) is 40.3 Å². The van der Waals surface area contributed by atoms with Gasteiger partial charge in [0.1, 0.15) is 79.0 Å². The summed E-state index contributed by atoms with van der Waals surface area (Å²) in [5.41, 5.74) is 13.1. The Hall–Kier alpha value is -10.3. The number of ether oxygens (including phenoxy) is 10. The predicted octanol–water partition coefficient (Wildman–Crippen LogP) is 14.7. The summed E-state index contributed by atoms with van der Waals surface area (Å²) >= 11 is 18.3. The second kappa shape index (κ2) is 51.6. The quantitative estimate of drug-likeness (QED) is 0.0105. The number of aryl methyl sites for hydroxylation is 4. The van der Waals surface area contributed by atoms with Crippen LogP contribution in [0.2, 0.25) is 8.67 Å². The SMILES string of the molecule is CC[C@H]1OC(c2ccc(C)c(Cc3ccc(-c4ccc(F)nc4)s3)c2)[C@H](OC(C)=O)[C@@H](OC(C)=O)[C@@H]1OC(C)=O.CC[C@H]1OC(c2ccc(C)c(Cc3ccc(Cl)s3)c2)[C@H](OC(C)=O)[C@@H](OC(C)=O)[C@@H]1OC(C)=O.Cc1ccc(C2O[C@H](CO)[C@@H](O)[C@H](O)[C@H]2O)cc1Cc1ccc(-c2ccc(F)nc2)s1.Cc1ccc(C2O[C@H](CO)[C@@H](O)[C@H](O)[C@H]2O)cc1Cc1ccc(Cl)s1.O[B]Oc1ccc(F)nc1. The maximum absolute atomic E-state index is 13.2. The molecule has 4 unspecified atom stereocenters. The number of aliphatic hydroxyl groups excluding tert-OH is 8. The van der Waals surface area contributed by atoms with Crippen molar-refractivity contribution in [1.82, 2.24) is 15.0 Å². The highest BCUT2D eigenvalue weighted by Crippen LogP contribution is 2.44. The summed E-state index contributed by atoms with van der Waals surface area (Å²) in [6.07, 6.45) is -12.5. The molecule has 9 N–H and O–H groups in total. The van der Waals surface area contributed by atoms with Crippen LogP contribution in [0.4, 0.5) is 13.2 Å². The number of esters is 6. The van der Waals surface area contributed by atoms with Crippen LogP contribution in [0.15, 0.2) is 176 Å². The second-order valence-corrected chi connectivity index (χ2v) is 39.6. The molecular weight excluding hydrogens is 1940 g/mol. The summed E-state index contributed by atoms with van der Waals surface area (Å²) in [7, 11) is 0.509. The van der Waals surface area contributed by atoms with Crippen LogP contribution < -0.4 is 4.65 Å². The van der Waals surface area contributed by atoms with E-state index in [0.717, 1.165) is 111 Å². The number of pyridine rings is 3. The number of hydrogen-bond acceptors (Lipinski definition) is 33. The molecule has 1 radical (unpaired) electrons. The van der Waals surface area contributed by atoms with Gasteiger partial charge in [-0.25, -0.2) is 15.0 Å². The topological polar surface area (TPSA) is 425 Å². The molecule has 20 atom stereocenters. The largest absolute Gasteiger partial charge is 0.569 e. The Morgan fingerprint density at radius 3 is 0.929 bits per heavy atom. The van der Waals surface area contributed by atoms with Crippen LogP contribution >= 0.6 is 68.5 Å². The fraction of sp³-hybridized carbons (Fsp3) is 0.396. The Balaban J connectivity index is 0.000000174. The van der Waals surface area contributed by atoms with Crippen LogP contribution in [0.25, 0.3) is 20.9 Å². The molecule has 140 heavy (non-hydrogen) atoms. The molecule has 0 bridgehead atoms. The van der Waals surface area contributed by atoms with E-state index >= 15 is 0 Å². The van der Waals surface area contributed by atoms with Crippen LogP contribution in [-0.4, -0.2) is 215 Å². The molecule has 7 aromatic heterocycles. The first-order chi connectivity index (χ1) is 66.7. The third kappa shape index (κ3) is 29.7. The summed E-state index contributed by atoms with van der Waals surface area (Å²) < 4.78 is 102. The Morgan fingerprint density at radius 2 is 0.650 bits per heavy atom. The zero-order chi connectivity index (χ0) is 102. The highest BCUT2D eigenvalue weighted by molar-refractivity contribution is 7.17. The van der Waals surface area contributed by atoms with Crippen molar-refractivity contribution >= 4 is 112 Å². The summed E-state index contributed by atoms with van der Waals surface area (Å²) in [5, 5.41) is 87.6. The van der Waals surface area contributed by atoms with E-state index in [1.54, 1.807) is 34.8 Å². The molecule has 747 valence electrons. The third-order valence-electron chi connectivity index (χ3n) is 23.4. The van der Waals surface area contributed by atoms with Gasteiger partial charge in [-0.2, -0.15) is 13.2 Å². The van der Waals surface area contributed by atoms with Gasteiger partial charge in [0.15, 0.2) is 36.6 Å². The number of halogens is 5. The van der Waals surface area contributed by atoms with E-state index < -0.39 is 189 Å². The van der Waals surface area contributed by atoms with E-state index in [-0.39, 0.29) is 0 Å². The molecule has 4 fully saturated rings. The minimum absolute atomic E-state index is 0.295. The first-order valence-corrected chi connectivity index (χ1v) is 48.7. The van der Waals surface area contributed by atoms with Gasteiger partial charge >= 0.3 is 43.5 Å². The first-order valence-electron chi connectivity index (χ1n) is 44.7. The van der Waals surface area contributed by atoms with Gasteiger partial charge in [-0.1, -0.05) is 110 Å². The van der Waals surface area contributed by atoms with E-state index in [1.165, 1.54) is 101 Å². The third-order valence-corrected chi connectivity index (χ3v) is 28.2. The van der Waals surface area contributed by atoms with Crippen LogP contribution in [0.1, 0.15) is 179 Å². The standard InChI is InChI=1S/C30H32FNO7S.C25H29ClO7S.C23H24FNO5S.C18H21ClO5S.C5H4BFNO2/c1-6-24-28(36-17(3)33)30(38-19(5)35)29(37-18(4)34)27(39-24)20-8-7-16(2)22(13-20)14-23-10-11-25(40-23)21-9-12-26(31)32-15-21;1-6-20-23(30-14(3)27)25(32-16(5)29)24(31-15(4)28)22(33-20)17-8-7-13(2)18(11-17)12-19-9-10-21(26)34-19;1-12-2-3-13(23-22(29)21(28)20(27)17(11-26)30-23)8-15(12)9-16-5-6-18(31-16)14-4-7-19(24)25-10-14;1-9-2-3-10(6-11(9)7-12-4-5-14(19)25-12)18-17(23)16(22)15(21)13(8-20)24-18;7-5-2-1-4(3-8-5)10-6-9/h7-13,15,24,27-30H,6,14H2,1-5H3;7-11,20,22-25H,6,12H2,1-5H3;2-8,10,17,20-23,26-29H,9,11H2,1H3;2-6,13,15-18,20-23H,7-8H2,1H3;1-3,9H/t24-,27?,28-,29+,30+;20-,22?,23-,24+,25+;17-,20-,21+,22-,23?;13-,15-,16+,17-,18?;/m1111./s1. The Morgan fingerprint density at radius 1 is 0.357 bits per heavy atom. The van der Waals surface area contributed by atoms with Crippen LogP contribution in [0.5, 0.6) is 5.75 Å². The van der Waals surface area contributed by atoms with E-state index in [9.17, 15) is 82.8 Å². The zero-order valence-electron chi connectivity index (χ0n) is 78.4. The van der Waals surface area contributed by atoms with E-state index in [2.05, 4.69) is 19.6 Å². The van der Waals surface area contributed by atoms with Crippen molar-refractivity contribution in [3.05, 3.63) is 289 Å². The van der Waals surface area contributed by atoms with Gasteiger partial charge in [0, 0.05) is 120 Å². The molecule has 4 aromatic carbocycles. The van der Waals surface area contributed by atoms with Gasteiger partial charge in [-0.15, -0.1) is 45.3 Å². The molecule has 0 spiro atoms. The summed E-state index contributed by atoms with van der Waals surface area (Å²) in [6.45, 7) is 18.5. The normalized spacial score (nSPS) is 24.1. The highest BCUT2D eigenvalue weighted by Gasteiger charge is 2.54. The summed E-state index contributed by atoms with van der Waals surface area (Å²) in [5.74, 6) is -4.74. The van der Waals surface area contributed by atoms with Gasteiger partial charge in [-0.05, 0) is 192 Å². The van der Waals surface area contributed by atoms with Crippen molar-refractivity contribution in [3.8, 4) is 26.6 Å². The number of hydrogen-bond donors (Lipinski definition) is 9. The maximum atomic E-state index is 13.2. The van der Waals surface area contributed by atoms with Crippen molar-refractivity contribution in [3.63, 3.8) is 0 Å². The molecule has 11 heterocycles. The molecule has 39 heteroatoms. The lowest BCUT2D eigenvalue weighted by molar-refractivity contribution is -0.249. The number of rotatable bonds is 26. The van der Waals surface area contributed by atoms with Crippen molar-refractivity contribution in [1.29, 1.82) is 0 Å². The van der Waals surface area contributed by atoms with E-state index in [4.69, 9.17) is 75.6 Å². The Labute approximate surface area is 834 Å². The van der Waals surface area contributed by atoms with Crippen molar-refractivity contribution < 1.29 is 140 Å². The van der Waals surface area contributed by atoms with Crippen molar-refractivity contribution in [2.24, 2.45) is 0 Å². The number of thiophene rings is 4. The molecule has 4 aliphatic heterocycles. The summed E-state index contributed by atoms with van der Waals surface area (Å²) in [4.78, 5) is 89.1. The average molecular weight is 2050 g/mol. The molecule has 0 saturated carbocycles. The fourth-order valence-electron chi connectivity index (χ4n) is 16.4. The Kier molecular flexibility index (Phi) is 40.5. The lowest BCUT2D eigenvalue weighted by Crippen LogP contribution is -2.58. The number of carbonyl (C=O) groups is 6.